The molecule has 0 radical (unpaired) electrons. The first kappa shape index (κ1) is 10.5. The van der Waals surface area contributed by atoms with E-state index < -0.39 is 6.09 Å². The van der Waals surface area contributed by atoms with Gasteiger partial charge in [0.25, 0.3) is 0 Å². The first-order valence-electron chi connectivity index (χ1n) is 4.98. The van der Waals surface area contributed by atoms with Crippen LogP contribution in [-0.2, 0) is 4.74 Å². The first-order chi connectivity index (χ1) is 7.74. The van der Waals surface area contributed by atoms with Gasteiger partial charge >= 0.3 is 6.09 Å². The van der Waals surface area contributed by atoms with Gasteiger partial charge in [0.1, 0.15) is 11.9 Å². The molecule has 0 saturated carbocycles. The molecule has 1 heterocycles. The van der Waals surface area contributed by atoms with Crippen molar-refractivity contribution >= 4 is 6.09 Å². The van der Waals surface area contributed by atoms with Gasteiger partial charge in [0, 0.05) is 0 Å². The van der Waals surface area contributed by atoms with Crippen LogP contribution in [0.3, 0.4) is 0 Å². The van der Waals surface area contributed by atoms with Gasteiger partial charge < -0.3 is 14.8 Å². The Bertz CT molecular complexity index is 399. The molecule has 1 amide bonds. The van der Waals surface area contributed by atoms with Crippen LogP contribution in [0.15, 0.2) is 36.9 Å². The Morgan fingerprint density at radius 3 is 2.69 bits per heavy atom. The molecule has 1 aliphatic rings. The van der Waals surface area contributed by atoms with Gasteiger partial charge in [0.05, 0.1) is 13.2 Å². The van der Waals surface area contributed by atoms with Crippen molar-refractivity contribution in [1.82, 2.24) is 5.32 Å². The lowest BCUT2D eigenvalue weighted by Crippen LogP contribution is -2.21. The number of hydrogen-bond donors (Lipinski definition) is 1. The zero-order chi connectivity index (χ0) is 11.5. The van der Waals surface area contributed by atoms with Gasteiger partial charge in [0.2, 0.25) is 0 Å². The summed E-state index contributed by atoms with van der Waals surface area (Å²) in [5.74, 6) is 0.782. The number of ether oxygens (including phenoxy) is 2. The minimum absolute atomic E-state index is 0.170. The molecule has 1 aromatic carbocycles. The molecule has 1 aliphatic heterocycles. The molecule has 0 bridgehead atoms. The zero-order valence-corrected chi connectivity index (χ0v) is 8.97. The molecule has 4 heteroatoms. The monoisotopic (exact) mass is 219 g/mol. The molecule has 1 saturated heterocycles. The van der Waals surface area contributed by atoms with Crippen molar-refractivity contribution in [3.05, 3.63) is 42.5 Å². The van der Waals surface area contributed by atoms with Crippen molar-refractivity contribution < 1.29 is 14.3 Å². The highest BCUT2D eigenvalue weighted by Crippen LogP contribution is 2.26. The van der Waals surface area contributed by atoms with E-state index in [1.807, 2.05) is 24.3 Å². The van der Waals surface area contributed by atoms with E-state index in [-0.39, 0.29) is 12.1 Å². The first-order valence-corrected chi connectivity index (χ1v) is 4.98. The second-order valence-corrected chi connectivity index (χ2v) is 3.50. The molecule has 1 aromatic rings. The Hall–Kier alpha value is -1.97. The number of amides is 1. The summed E-state index contributed by atoms with van der Waals surface area (Å²) in [4.78, 5) is 11.1. The van der Waals surface area contributed by atoms with Crippen molar-refractivity contribution in [1.29, 1.82) is 0 Å². The molecule has 0 unspecified atom stereocenters. The van der Waals surface area contributed by atoms with Gasteiger partial charge in [-0.05, 0) is 23.8 Å². The Kier molecular flexibility index (Phi) is 2.81. The van der Waals surface area contributed by atoms with E-state index in [0.29, 0.717) is 0 Å². The molecule has 0 spiro atoms. The number of cyclic esters (lactones) is 1. The maximum atomic E-state index is 11.1. The maximum Gasteiger partial charge on any atom is 0.408 e. The summed E-state index contributed by atoms with van der Waals surface area (Å²) < 4.78 is 10.1. The standard InChI is InChI=1S/C12H13NO3/c1-3-10-11(13-12(14)16-10)8-4-6-9(15-2)7-5-8/h3-7,10-11H,1H2,2H3,(H,13,14)/t10-,11+/m1/s1. The van der Waals surface area contributed by atoms with Crippen molar-refractivity contribution in [2.75, 3.05) is 7.11 Å². The summed E-state index contributed by atoms with van der Waals surface area (Å²) in [6.45, 7) is 3.64. The lowest BCUT2D eigenvalue weighted by molar-refractivity contribution is 0.153. The molecule has 2 atom stereocenters. The van der Waals surface area contributed by atoms with E-state index in [9.17, 15) is 4.79 Å². The summed E-state index contributed by atoms with van der Waals surface area (Å²) in [6.07, 6.45) is 0.888. The van der Waals surface area contributed by atoms with E-state index in [4.69, 9.17) is 9.47 Å². The van der Waals surface area contributed by atoms with E-state index in [0.717, 1.165) is 11.3 Å². The third kappa shape index (κ3) is 1.86. The minimum Gasteiger partial charge on any atom is -0.497 e. The number of nitrogens with one attached hydrogen (secondary N) is 1. The molecule has 16 heavy (non-hydrogen) atoms. The summed E-state index contributed by atoms with van der Waals surface area (Å²) in [7, 11) is 1.61. The fourth-order valence-electron chi connectivity index (χ4n) is 1.70. The average Bonchev–Trinajstić information content (AvgIpc) is 2.70. The molecule has 0 aromatic heterocycles. The number of methoxy groups -OCH3 is 1. The second kappa shape index (κ2) is 4.26. The smallest absolute Gasteiger partial charge is 0.408 e. The predicted octanol–water partition coefficient (Wildman–Crippen LogP) is 2.03. The average molecular weight is 219 g/mol. The minimum atomic E-state index is -0.411. The highest BCUT2D eigenvalue weighted by Gasteiger charge is 2.32. The molecular formula is C12H13NO3. The zero-order valence-electron chi connectivity index (χ0n) is 8.97. The van der Waals surface area contributed by atoms with Crippen LogP contribution >= 0.6 is 0 Å². The number of benzene rings is 1. The van der Waals surface area contributed by atoms with Gasteiger partial charge in [-0.1, -0.05) is 18.7 Å². The van der Waals surface area contributed by atoms with Gasteiger partial charge in [0.15, 0.2) is 0 Å². The van der Waals surface area contributed by atoms with Crippen molar-refractivity contribution in [3.8, 4) is 5.75 Å². The van der Waals surface area contributed by atoms with Crippen molar-refractivity contribution in [3.63, 3.8) is 0 Å². The molecule has 0 aliphatic carbocycles. The lowest BCUT2D eigenvalue weighted by atomic mass is 10.0. The Labute approximate surface area is 93.9 Å². The molecule has 2 rings (SSSR count). The van der Waals surface area contributed by atoms with Crippen LogP contribution in [0.4, 0.5) is 4.79 Å². The molecule has 4 nitrogen and oxygen atoms in total. The van der Waals surface area contributed by atoms with Crippen LogP contribution in [0, 0.1) is 0 Å². The molecular weight excluding hydrogens is 206 g/mol. The second-order valence-electron chi connectivity index (χ2n) is 3.50. The highest BCUT2D eigenvalue weighted by atomic mass is 16.6. The summed E-state index contributed by atoms with van der Waals surface area (Å²) in [6, 6.07) is 7.32. The molecule has 84 valence electrons. The maximum absolute atomic E-state index is 11.1. The topological polar surface area (TPSA) is 47.6 Å². The van der Waals surface area contributed by atoms with Gasteiger partial charge in [-0.3, -0.25) is 0 Å². The van der Waals surface area contributed by atoms with Crippen molar-refractivity contribution in [2.24, 2.45) is 0 Å². The van der Waals surface area contributed by atoms with Crippen LogP contribution in [0.1, 0.15) is 11.6 Å². The Morgan fingerprint density at radius 2 is 2.12 bits per heavy atom. The van der Waals surface area contributed by atoms with Gasteiger partial charge in [-0.15, -0.1) is 0 Å². The SMILES string of the molecule is C=C[C@H]1OC(=O)N[C@H]1c1ccc(OC)cc1. The van der Waals surface area contributed by atoms with E-state index in [1.54, 1.807) is 13.2 Å². The van der Waals surface area contributed by atoms with Crippen molar-refractivity contribution in [2.45, 2.75) is 12.1 Å². The number of hydrogen-bond acceptors (Lipinski definition) is 3. The molecule has 1 fully saturated rings. The number of carbonyl (C=O) groups excluding carboxylic acids is 1. The lowest BCUT2D eigenvalue weighted by Gasteiger charge is -2.13. The van der Waals surface area contributed by atoms with Crippen LogP contribution in [-0.4, -0.2) is 19.3 Å². The predicted molar refractivity (Wildman–Crippen MR) is 59.3 cm³/mol. The fourth-order valence-corrected chi connectivity index (χ4v) is 1.70. The Morgan fingerprint density at radius 1 is 1.44 bits per heavy atom. The summed E-state index contributed by atoms with van der Waals surface area (Å²) in [5.41, 5.74) is 0.969. The number of alkyl carbamates (subject to hydrolysis) is 1. The quantitative estimate of drug-likeness (QED) is 0.791. The van der Waals surface area contributed by atoms with Crippen LogP contribution in [0.2, 0.25) is 0 Å². The third-order valence-electron chi connectivity index (χ3n) is 2.55. The third-order valence-corrected chi connectivity index (χ3v) is 2.55. The highest BCUT2D eigenvalue weighted by molar-refractivity contribution is 5.71. The number of rotatable bonds is 3. The van der Waals surface area contributed by atoms with E-state index >= 15 is 0 Å². The van der Waals surface area contributed by atoms with Gasteiger partial charge in [-0.2, -0.15) is 0 Å². The number of carbonyl (C=O) groups is 1. The Balaban J connectivity index is 2.22. The van der Waals surface area contributed by atoms with E-state index in [2.05, 4.69) is 11.9 Å². The van der Waals surface area contributed by atoms with Crippen LogP contribution in [0.5, 0.6) is 5.75 Å². The van der Waals surface area contributed by atoms with Crippen LogP contribution in [0.25, 0.3) is 0 Å². The van der Waals surface area contributed by atoms with Crippen LogP contribution < -0.4 is 10.1 Å². The summed E-state index contributed by atoms with van der Waals surface area (Å²) in [5, 5.41) is 2.74. The van der Waals surface area contributed by atoms with Gasteiger partial charge in [-0.25, -0.2) is 4.79 Å². The summed E-state index contributed by atoms with van der Waals surface area (Å²) >= 11 is 0. The fraction of sp³-hybridized carbons (Fsp3) is 0.250. The molecule has 1 N–H and O–H groups in total. The normalized spacial score (nSPS) is 23.4. The van der Waals surface area contributed by atoms with E-state index in [1.165, 1.54) is 0 Å². The largest absolute Gasteiger partial charge is 0.497 e.